The van der Waals surface area contributed by atoms with Crippen molar-refractivity contribution in [3.8, 4) is 0 Å². The fourth-order valence-electron chi connectivity index (χ4n) is 5.06. The van der Waals surface area contributed by atoms with Crippen LogP contribution in [0.5, 0.6) is 0 Å². The van der Waals surface area contributed by atoms with E-state index < -0.39 is 23.1 Å². The van der Waals surface area contributed by atoms with E-state index in [1.54, 1.807) is 13.8 Å². The summed E-state index contributed by atoms with van der Waals surface area (Å²) in [4.78, 5) is 40.9. The molecule has 1 aliphatic rings. The number of ketones is 1. The fourth-order valence-corrected chi connectivity index (χ4v) is 5.06. The molecule has 3 rings (SSSR count). The number of carbonyl (C=O) groups excluding carboxylic acids is 3. The first-order valence-corrected chi connectivity index (χ1v) is 13.9. The lowest BCUT2D eigenvalue weighted by molar-refractivity contribution is -0.162. The third-order valence-corrected chi connectivity index (χ3v) is 7.95. The number of hydrogen-bond donors (Lipinski definition) is 0. The minimum absolute atomic E-state index is 0.268. The van der Waals surface area contributed by atoms with E-state index >= 15 is 0 Å². The molecule has 2 unspecified atom stereocenters. The van der Waals surface area contributed by atoms with Gasteiger partial charge in [0.25, 0.3) is 5.91 Å². The van der Waals surface area contributed by atoms with E-state index in [0.717, 1.165) is 32.1 Å². The molecular weight excluding hydrogens is 462 g/mol. The average molecular weight is 506 g/mol. The van der Waals surface area contributed by atoms with Crippen LogP contribution >= 0.6 is 0 Å². The second kappa shape index (κ2) is 13.6. The average Bonchev–Trinajstić information content (AvgIpc) is 2.93. The summed E-state index contributed by atoms with van der Waals surface area (Å²) in [6.45, 7) is 8.29. The third-order valence-electron chi connectivity index (χ3n) is 7.95. The maximum absolute atomic E-state index is 13.3. The zero-order valence-electron chi connectivity index (χ0n) is 22.9. The summed E-state index contributed by atoms with van der Waals surface area (Å²) in [5.74, 6) is -0.806. The molecule has 2 atom stereocenters. The highest BCUT2D eigenvalue weighted by Gasteiger charge is 2.42. The predicted molar refractivity (Wildman–Crippen MR) is 147 cm³/mol. The quantitative estimate of drug-likeness (QED) is 0.186. The van der Waals surface area contributed by atoms with Crippen molar-refractivity contribution in [3.63, 3.8) is 0 Å². The molecular formula is C32H43NO4. The van der Waals surface area contributed by atoms with Gasteiger partial charge in [0.05, 0.1) is 6.61 Å². The van der Waals surface area contributed by atoms with Crippen LogP contribution in [0.15, 0.2) is 60.7 Å². The highest BCUT2D eigenvalue weighted by molar-refractivity contribution is 6.38. The first kappa shape index (κ1) is 28.6. The summed E-state index contributed by atoms with van der Waals surface area (Å²) < 4.78 is 5.56. The molecule has 1 heterocycles. The SMILES string of the molecule is CCCCOC(=O)C1CC(CCC(c2ccccc2)c2ccccc2)CCN1C(=O)C(=O)C(C)(C)CC. The Bertz CT molecular complexity index is 978. The van der Waals surface area contributed by atoms with Crippen LogP contribution in [0.2, 0.25) is 0 Å². The summed E-state index contributed by atoms with van der Waals surface area (Å²) >= 11 is 0. The summed E-state index contributed by atoms with van der Waals surface area (Å²) in [5, 5.41) is 0. The Kier molecular flexibility index (Phi) is 10.5. The van der Waals surface area contributed by atoms with E-state index in [2.05, 4.69) is 48.5 Å². The van der Waals surface area contributed by atoms with Gasteiger partial charge in [-0.1, -0.05) is 94.8 Å². The molecule has 0 saturated carbocycles. The lowest BCUT2D eigenvalue weighted by Crippen LogP contribution is -2.54. The number of hydrogen-bond acceptors (Lipinski definition) is 4. The molecule has 0 N–H and O–H groups in total. The Hall–Kier alpha value is -2.95. The Balaban J connectivity index is 1.75. The van der Waals surface area contributed by atoms with Gasteiger partial charge in [-0.25, -0.2) is 4.79 Å². The molecule has 1 fully saturated rings. The number of rotatable bonds is 12. The van der Waals surface area contributed by atoms with Crippen LogP contribution in [-0.4, -0.2) is 41.8 Å². The summed E-state index contributed by atoms with van der Waals surface area (Å²) in [5.41, 5.74) is 1.82. The standard InChI is InChI=1S/C32H43NO4/c1-5-7-22-37-31(36)28-23-24(20-21-33(28)30(35)29(34)32(3,4)6-2)18-19-27(25-14-10-8-11-15-25)26-16-12-9-13-17-26/h8-17,24,27-28H,5-7,18-23H2,1-4H3. The molecule has 200 valence electrons. The van der Waals surface area contributed by atoms with E-state index in [1.807, 2.05) is 26.0 Å². The lowest BCUT2D eigenvalue weighted by atomic mass is 9.80. The molecule has 1 amide bonds. The molecule has 5 heteroatoms. The molecule has 0 aromatic heterocycles. The normalized spacial score (nSPS) is 18.0. The number of unbranched alkanes of at least 4 members (excludes halogenated alkanes) is 1. The monoisotopic (exact) mass is 505 g/mol. The highest BCUT2D eigenvalue weighted by Crippen LogP contribution is 2.35. The van der Waals surface area contributed by atoms with E-state index in [-0.39, 0.29) is 17.8 Å². The Morgan fingerprint density at radius 2 is 1.57 bits per heavy atom. The van der Waals surface area contributed by atoms with Crippen molar-refractivity contribution < 1.29 is 19.1 Å². The van der Waals surface area contributed by atoms with Crippen molar-refractivity contribution in [1.29, 1.82) is 0 Å². The van der Waals surface area contributed by atoms with Crippen molar-refractivity contribution in [2.45, 2.75) is 84.6 Å². The van der Waals surface area contributed by atoms with E-state index in [4.69, 9.17) is 4.74 Å². The number of amides is 1. The minimum Gasteiger partial charge on any atom is -0.464 e. The maximum atomic E-state index is 13.3. The molecule has 0 radical (unpaired) electrons. The number of carbonyl (C=O) groups is 3. The second-order valence-electron chi connectivity index (χ2n) is 10.9. The number of esters is 1. The van der Waals surface area contributed by atoms with Crippen LogP contribution in [0.1, 0.15) is 89.7 Å². The molecule has 0 spiro atoms. The van der Waals surface area contributed by atoms with Gasteiger partial charge in [-0.3, -0.25) is 9.59 Å². The minimum atomic E-state index is -0.747. The zero-order chi connectivity index (χ0) is 26.8. The largest absolute Gasteiger partial charge is 0.464 e. The van der Waals surface area contributed by atoms with Crippen molar-refractivity contribution >= 4 is 17.7 Å². The van der Waals surface area contributed by atoms with Gasteiger partial charge in [0.15, 0.2) is 0 Å². The van der Waals surface area contributed by atoms with E-state index in [9.17, 15) is 14.4 Å². The van der Waals surface area contributed by atoms with Crippen molar-refractivity contribution in [3.05, 3.63) is 71.8 Å². The topological polar surface area (TPSA) is 63.7 Å². The number of likely N-dealkylation sites (tertiary alicyclic amines) is 1. The van der Waals surface area contributed by atoms with Crippen LogP contribution in [0, 0.1) is 11.3 Å². The van der Waals surface area contributed by atoms with Gasteiger partial charge in [0.2, 0.25) is 5.78 Å². The highest BCUT2D eigenvalue weighted by atomic mass is 16.5. The molecule has 0 aliphatic carbocycles. The first-order chi connectivity index (χ1) is 17.8. The fraction of sp³-hybridized carbons (Fsp3) is 0.531. The van der Waals surface area contributed by atoms with Crippen molar-refractivity contribution in [2.75, 3.05) is 13.2 Å². The zero-order valence-corrected chi connectivity index (χ0v) is 22.9. The van der Waals surface area contributed by atoms with E-state index in [0.29, 0.717) is 26.0 Å². The van der Waals surface area contributed by atoms with Crippen LogP contribution < -0.4 is 0 Å². The number of Topliss-reactive ketones (excluding diaryl/α,β-unsaturated/α-hetero) is 1. The Morgan fingerprint density at radius 1 is 0.973 bits per heavy atom. The number of ether oxygens (including phenoxy) is 1. The molecule has 2 aromatic carbocycles. The maximum Gasteiger partial charge on any atom is 0.328 e. The predicted octanol–water partition coefficient (Wildman–Crippen LogP) is 6.55. The first-order valence-electron chi connectivity index (χ1n) is 13.9. The molecule has 37 heavy (non-hydrogen) atoms. The van der Waals surface area contributed by atoms with Gasteiger partial charge in [-0.15, -0.1) is 0 Å². The molecule has 1 aliphatic heterocycles. The van der Waals surface area contributed by atoms with Crippen molar-refractivity contribution in [1.82, 2.24) is 4.90 Å². The van der Waals surface area contributed by atoms with Gasteiger partial charge >= 0.3 is 5.97 Å². The number of benzene rings is 2. The van der Waals surface area contributed by atoms with Gasteiger partial charge < -0.3 is 9.64 Å². The van der Waals surface area contributed by atoms with Crippen LogP contribution in [0.3, 0.4) is 0 Å². The molecule has 5 nitrogen and oxygen atoms in total. The Labute approximate surface area is 222 Å². The molecule has 2 aromatic rings. The van der Waals surface area contributed by atoms with Gasteiger partial charge in [-0.05, 0) is 55.6 Å². The lowest BCUT2D eigenvalue weighted by Gasteiger charge is -2.39. The number of nitrogens with zero attached hydrogens (tertiary/aromatic N) is 1. The van der Waals surface area contributed by atoms with Crippen molar-refractivity contribution in [2.24, 2.45) is 11.3 Å². The summed E-state index contributed by atoms with van der Waals surface area (Å²) in [6, 6.07) is 20.4. The summed E-state index contributed by atoms with van der Waals surface area (Å²) in [7, 11) is 0. The van der Waals surface area contributed by atoms with Crippen LogP contribution in [0.25, 0.3) is 0 Å². The van der Waals surface area contributed by atoms with Gasteiger partial charge in [-0.2, -0.15) is 0 Å². The molecule has 1 saturated heterocycles. The number of piperidine rings is 1. The van der Waals surface area contributed by atoms with Crippen LogP contribution in [0.4, 0.5) is 0 Å². The summed E-state index contributed by atoms with van der Waals surface area (Å²) in [6.07, 6.45) is 5.48. The Morgan fingerprint density at radius 3 is 2.11 bits per heavy atom. The molecule has 0 bridgehead atoms. The van der Waals surface area contributed by atoms with Gasteiger partial charge in [0, 0.05) is 17.9 Å². The van der Waals surface area contributed by atoms with Gasteiger partial charge in [0.1, 0.15) is 6.04 Å². The second-order valence-corrected chi connectivity index (χ2v) is 10.9. The van der Waals surface area contributed by atoms with Crippen LogP contribution in [-0.2, 0) is 19.1 Å². The smallest absolute Gasteiger partial charge is 0.328 e. The van der Waals surface area contributed by atoms with E-state index in [1.165, 1.54) is 16.0 Å². The third kappa shape index (κ3) is 7.53.